The third-order valence-corrected chi connectivity index (χ3v) is 5.05. The predicted molar refractivity (Wildman–Crippen MR) is 105 cm³/mol. The summed E-state index contributed by atoms with van der Waals surface area (Å²) in [4.78, 5) is 23.2. The maximum atomic E-state index is 12.4. The summed E-state index contributed by atoms with van der Waals surface area (Å²) in [5.41, 5.74) is 2.09. The molecule has 1 fully saturated rings. The number of nitrogens with one attached hydrogen (secondary N) is 2. The summed E-state index contributed by atoms with van der Waals surface area (Å²) in [6, 6.07) is 8.03. The van der Waals surface area contributed by atoms with E-state index >= 15 is 0 Å². The molecule has 0 saturated carbocycles. The van der Waals surface area contributed by atoms with Gasteiger partial charge in [-0.3, -0.25) is 15.2 Å². The van der Waals surface area contributed by atoms with Crippen LogP contribution in [0.25, 0.3) is 0 Å². The molecule has 144 valence electrons. The summed E-state index contributed by atoms with van der Waals surface area (Å²) < 4.78 is 5.26. The van der Waals surface area contributed by atoms with Crippen LogP contribution in [0, 0.1) is 6.92 Å². The molecule has 1 aliphatic heterocycles. The first-order valence-corrected chi connectivity index (χ1v) is 9.30. The van der Waals surface area contributed by atoms with E-state index in [0.29, 0.717) is 17.6 Å². The number of rotatable bonds is 5. The fourth-order valence-corrected chi connectivity index (χ4v) is 3.41. The van der Waals surface area contributed by atoms with Crippen LogP contribution < -0.4 is 15.4 Å². The molecule has 0 spiro atoms. The van der Waals surface area contributed by atoms with Crippen molar-refractivity contribution in [2.45, 2.75) is 38.8 Å². The Morgan fingerprint density at radius 3 is 2.59 bits per heavy atom. The number of ether oxygens (including phenoxy) is 1. The minimum Gasteiger partial charge on any atom is -0.493 e. The average Bonchev–Trinajstić information content (AvgIpc) is 2.69. The Kier molecular flexibility index (Phi) is 6.24. The number of methoxy groups -OCH3 is 1. The molecule has 1 atom stereocenters. The molecule has 2 N–H and O–H groups in total. The Morgan fingerprint density at radius 1 is 1.22 bits per heavy atom. The number of hydrogen-bond donors (Lipinski definition) is 2. The van der Waals surface area contributed by atoms with Gasteiger partial charge in [0.05, 0.1) is 7.11 Å². The zero-order valence-corrected chi connectivity index (χ0v) is 16.1. The van der Waals surface area contributed by atoms with Crippen molar-refractivity contribution in [3.8, 4) is 5.75 Å². The van der Waals surface area contributed by atoms with Crippen molar-refractivity contribution in [1.82, 2.24) is 20.2 Å². The van der Waals surface area contributed by atoms with Crippen molar-refractivity contribution in [1.29, 1.82) is 0 Å². The first-order valence-electron chi connectivity index (χ1n) is 9.30. The van der Waals surface area contributed by atoms with Crippen molar-refractivity contribution in [3.05, 3.63) is 47.9 Å². The van der Waals surface area contributed by atoms with E-state index in [0.717, 1.165) is 31.6 Å². The van der Waals surface area contributed by atoms with Crippen LogP contribution in [0.3, 0.4) is 0 Å². The number of carbonyl (C=O) groups excluding carboxylic acids is 1. The highest BCUT2D eigenvalue weighted by Gasteiger charge is 2.24. The Hall–Kier alpha value is -2.67. The van der Waals surface area contributed by atoms with Crippen LogP contribution >= 0.6 is 0 Å². The molecular weight excluding hydrogens is 342 g/mol. The van der Waals surface area contributed by atoms with Gasteiger partial charge in [0.2, 0.25) is 0 Å². The highest BCUT2D eigenvalue weighted by Crippen LogP contribution is 2.24. The number of likely N-dealkylation sites (tertiary alicyclic amines) is 1. The maximum Gasteiger partial charge on any atom is 0.320 e. The number of amides is 2. The minimum absolute atomic E-state index is 0.154. The zero-order valence-electron chi connectivity index (χ0n) is 16.1. The van der Waals surface area contributed by atoms with E-state index in [-0.39, 0.29) is 12.1 Å². The fourth-order valence-electron chi connectivity index (χ4n) is 3.41. The van der Waals surface area contributed by atoms with Crippen molar-refractivity contribution in [2.24, 2.45) is 0 Å². The Balaban J connectivity index is 1.50. The lowest BCUT2D eigenvalue weighted by Gasteiger charge is -2.36. The maximum absolute atomic E-state index is 12.4. The van der Waals surface area contributed by atoms with Gasteiger partial charge in [0.25, 0.3) is 0 Å². The van der Waals surface area contributed by atoms with Gasteiger partial charge in [0.1, 0.15) is 0 Å². The molecule has 1 unspecified atom stereocenters. The Bertz CT molecular complexity index is 760. The van der Waals surface area contributed by atoms with Crippen molar-refractivity contribution >= 4 is 11.8 Å². The second-order valence-corrected chi connectivity index (χ2v) is 6.87. The molecule has 27 heavy (non-hydrogen) atoms. The molecule has 2 aromatic heterocycles. The van der Waals surface area contributed by atoms with E-state index in [9.17, 15) is 4.79 Å². The number of carbonyl (C=O) groups is 1. The summed E-state index contributed by atoms with van der Waals surface area (Å²) in [6.07, 6.45) is 5.50. The Morgan fingerprint density at radius 2 is 1.93 bits per heavy atom. The minimum atomic E-state index is -0.243. The van der Waals surface area contributed by atoms with Crippen LogP contribution in [-0.2, 0) is 0 Å². The number of aromatic nitrogens is 2. The zero-order chi connectivity index (χ0) is 19.2. The van der Waals surface area contributed by atoms with Crippen LogP contribution in [0.15, 0.2) is 36.7 Å². The molecule has 0 bridgehead atoms. The standard InChI is InChI=1S/C20H27N5O2/c1-14-4-5-18(27-3)19(22-14)24-20(26)23-17-8-12-25(13-9-17)15(2)16-6-10-21-11-7-16/h4-7,10-11,15,17H,8-9,12-13H2,1-3H3,(H2,22,23,24,26). The lowest BCUT2D eigenvalue weighted by atomic mass is 10.0. The first-order chi connectivity index (χ1) is 13.1. The predicted octanol–water partition coefficient (Wildman–Crippen LogP) is 3.14. The molecule has 1 aliphatic rings. The number of nitrogens with zero attached hydrogens (tertiary/aromatic N) is 3. The number of anilines is 1. The Labute approximate surface area is 160 Å². The van der Waals surface area contributed by atoms with Gasteiger partial charge in [-0.25, -0.2) is 9.78 Å². The average molecular weight is 369 g/mol. The molecule has 3 rings (SSSR count). The van der Waals surface area contributed by atoms with Crippen LogP contribution in [0.2, 0.25) is 0 Å². The third kappa shape index (κ3) is 4.95. The number of piperidine rings is 1. The first kappa shape index (κ1) is 19.1. The molecule has 0 aromatic carbocycles. The molecule has 0 aliphatic carbocycles. The molecule has 7 heteroatoms. The second-order valence-electron chi connectivity index (χ2n) is 6.87. The van der Waals surface area contributed by atoms with Gasteiger partial charge in [-0.15, -0.1) is 0 Å². The van der Waals surface area contributed by atoms with Gasteiger partial charge in [-0.05, 0) is 56.5 Å². The van der Waals surface area contributed by atoms with E-state index in [1.54, 1.807) is 13.2 Å². The van der Waals surface area contributed by atoms with Crippen LogP contribution in [0.4, 0.5) is 10.6 Å². The molecule has 0 radical (unpaired) electrons. The van der Waals surface area contributed by atoms with E-state index in [1.807, 2.05) is 25.4 Å². The van der Waals surface area contributed by atoms with E-state index < -0.39 is 0 Å². The highest BCUT2D eigenvalue weighted by molar-refractivity contribution is 5.89. The lowest BCUT2D eigenvalue weighted by Crippen LogP contribution is -2.46. The number of urea groups is 1. The van der Waals surface area contributed by atoms with E-state index in [2.05, 4.69) is 44.6 Å². The summed E-state index contributed by atoms with van der Waals surface area (Å²) in [5.74, 6) is 0.996. The topological polar surface area (TPSA) is 79.4 Å². The van der Waals surface area contributed by atoms with E-state index in [1.165, 1.54) is 5.56 Å². The normalized spacial score (nSPS) is 16.6. The van der Waals surface area contributed by atoms with Crippen LogP contribution in [-0.4, -0.2) is 47.1 Å². The lowest BCUT2D eigenvalue weighted by molar-refractivity contribution is 0.154. The monoisotopic (exact) mass is 369 g/mol. The summed E-state index contributed by atoms with van der Waals surface area (Å²) >= 11 is 0. The highest BCUT2D eigenvalue weighted by atomic mass is 16.5. The van der Waals surface area contributed by atoms with Gasteiger partial charge in [-0.1, -0.05) is 0 Å². The third-order valence-electron chi connectivity index (χ3n) is 5.05. The molecule has 2 aromatic rings. The van der Waals surface area contributed by atoms with Crippen molar-refractivity contribution < 1.29 is 9.53 Å². The van der Waals surface area contributed by atoms with Gasteiger partial charge in [-0.2, -0.15) is 0 Å². The summed E-state index contributed by atoms with van der Waals surface area (Å²) in [5, 5.41) is 5.86. The summed E-state index contributed by atoms with van der Waals surface area (Å²) in [7, 11) is 1.56. The van der Waals surface area contributed by atoms with Crippen LogP contribution in [0.1, 0.15) is 37.1 Å². The molecular formula is C20H27N5O2. The molecule has 1 saturated heterocycles. The van der Waals surface area contributed by atoms with Gasteiger partial charge >= 0.3 is 6.03 Å². The van der Waals surface area contributed by atoms with Gasteiger partial charge in [0.15, 0.2) is 11.6 Å². The SMILES string of the molecule is COc1ccc(C)nc1NC(=O)NC1CCN(C(C)c2ccncc2)CC1. The van der Waals surface area contributed by atoms with Gasteiger partial charge < -0.3 is 10.1 Å². The van der Waals surface area contributed by atoms with E-state index in [4.69, 9.17) is 4.74 Å². The largest absolute Gasteiger partial charge is 0.493 e. The number of aryl methyl sites for hydroxylation is 1. The molecule has 3 heterocycles. The number of hydrogen-bond acceptors (Lipinski definition) is 5. The summed E-state index contributed by atoms with van der Waals surface area (Å²) in [6.45, 7) is 5.98. The smallest absolute Gasteiger partial charge is 0.320 e. The fraction of sp³-hybridized carbons (Fsp3) is 0.450. The van der Waals surface area contributed by atoms with Gasteiger partial charge in [0, 0.05) is 43.3 Å². The second kappa shape index (κ2) is 8.81. The van der Waals surface area contributed by atoms with Crippen molar-refractivity contribution in [3.63, 3.8) is 0 Å². The van der Waals surface area contributed by atoms with Crippen molar-refractivity contribution in [2.75, 3.05) is 25.5 Å². The van der Waals surface area contributed by atoms with Crippen LogP contribution in [0.5, 0.6) is 5.75 Å². The quantitative estimate of drug-likeness (QED) is 0.846. The molecule has 2 amide bonds. The number of pyridine rings is 2. The molecule has 7 nitrogen and oxygen atoms in total.